The van der Waals surface area contributed by atoms with Crippen LogP contribution in [0.3, 0.4) is 0 Å². The predicted molar refractivity (Wildman–Crippen MR) is 78.9 cm³/mol. The fourth-order valence-electron chi connectivity index (χ4n) is 2.08. The number of hydrogen-bond donors (Lipinski definition) is 0. The first-order valence-corrected chi connectivity index (χ1v) is 6.85. The van der Waals surface area contributed by atoms with Crippen molar-refractivity contribution in [2.24, 2.45) is 0 Å². The zero-order chi connectivity index (χ0) is 16.2. The molecule has 2 aromatic rings. The monoisotopic (exact) mass is 299 g/mol. The Morgan fingerprint density at radius 1 is 1.05 bits per heavy atom. The van der Waals surface area contributed by atoms with Crippen LogP contribution in [0.15, 0.2) is 18.2 Å². The minimum absolute atomic E-state index is 0.225. The molecule has 1 aromatic heterocycles. The molecule has 0 aliphatic heterocycles. The summed E-state index contributed by atoms with van der Waals surface area (Å²) < 4.78 is 41.6. The molecule has 21 heavy (non-hydrogen) atoms. The van der Waals surface area contributed by atoms with Gasteiger partial charge in [-0.15, -0.1) is 0 Å². The average molecular weight is 299 g/mol. The predicted octanol–water partition coefficient (Wildman–Crippen LogP) is 5.13. The molecular formula is C16H20F3NO. The Bertz CT molecular complexity index is 621. The average Bonchev–Trinajstić information content (AvgIpc) is 2.40. The summed E-state index contributed by atoms with van der Waals surface area (Å²) in [6.45, 7) is 8.28. The third kappa shape index (κ3) is 4.34. The van der Waals surface area contributed by atoms with E-state index in [1.807, 2.05) is 40.7 Å². The zero-order valence-electron chi connectivity index (χ0n) is 12.9. The van der Waals surface area contributed by atoms with Crippen molar-refractivity contribution < 1.29 is 17.9 Å². The van der Waals surface area contributed by atoms with Crippen molar-refractivity contribution in [2.75, 3.05) is 6.61 Å². The van der Waals surface area contributed by atoms with Gasteiger partial charge in [-0.1, -0.05) is 19.9 Å². The van der Waals surface area contributed by atoms with E-state index in [1.54, 1.807) is 12.1 Å². The lowest BCUT2D eigenvalue weighted by Crippen LogP contribution is -2.19. The Balaban J connectivity index is 0.00000106. The van der Waals surface area contributed by atoms with Gasteiger partial charge in [0.05, 0.1) is 5.52 Å². The van der Waals surface area contributed by atoms with E-state index in [-0.39, 0.29) is 5.75 Å². The maximum atomic E-state index is 12.2. The molecule has 5 heteroatoms. The molecule has 0 bridgehead atoms. The summed E-state index contributed by atoms with van der Waals surface area (Å²) in [6.07, 6.45) is -4.34. The van der Waals surface area contributed by atoms with Crippen molar-refractivity contribution >= 4 is 10.9 Å². The number of ether oxygens (including phenoxy) is 1. The van der Waals surface area contributed by atoms with Gasteiger partial charge in [0.2, 0.25) is 0 Å². The molecule has 0 fully saturated rings. The van der Waals surface area contributed by atoms with E-state index in [0.29, 0.717) is 10.9 Å². The third-order valence-electron chi connectivity index (χ3n) is 2.84. The molecule has 0 radical (unpaired) electrons. The second-order valence-corrected chi connectivity index (χ2v) is 4.59. The lowest BCUT2D eigenvalue weighted by atomic mass is 10.0. The molecule has 2 rings (SSSR count). The summed E-state index contributed by atoms with van der Waals surface area (Å²) in [4.78, 5) is 4.38. The SMILES string of the molecule is CC.Cc1cc(C)c2c(OCC(F)(F)F)ccc(C)c2n1. The van der Waals surface area contributed by atoms with Crippen molar-refractivity contribution in [3.05, 3.63) is 35.0 Å². The van der Waals surface area contributed by atoms with Crippen LogP contribution < -0.4 is 4.74 Å². The van der Waals surface area contributed by atoms with Crippen molar-refractivity contribution in [1.29, 1.82) is 0 Å². The molecule has 0 unspecified atom stereocenters. The summed E-state index contributed by atoms with van der Waals surface area (Å²) in [5.41, 5.74) is 3.31. The van der Waals surface area contributed by atoms with Crippen LogP contribution in [0.4, 0.5) is 13.2 Å². The summed E-state index contributed by atoms with van der Waals surface area (Å²) in [7, 11) is 0. The van der Waals surface area contributed by atoms with Crippen LogP contribution in [0.1, 0.15) is 30.7 Å². The van der Waals surface area contributed by atoms with Gasteiger partial charge in [0.25, 0.3) is 0 Å². The Morgan fingerprint density at radius 2 is 1.67 bits per heavy atom. The van der Waals surface area contributed by atoms with Gasteiger partial charge in [0, 0.05) is 11.1 Å². The first-order valence-electron chi connectivity index (χ1n) is 6.85. The van der Waals surface area contributed by atoms with Gasteiger partial charge < -0.3 is 4.74 Å². The maximum Gasteiger partial charge on any atom is 0.422 e. The molecule has 0 atom stereocenters. The Hall–Kier alpha value is -1.78. The number of rotatable bonds is 2. The van der Waals surface area contributed by atoms with Gasteiger partial charge in [-0.05, 0) is 44.0 Å². The Morgan fingerprint density at radius 3 is 2.24 bits per heavy atom. The van der Waals surface area contributed by atoms with E-state index in [4.69, 9.17) is 4.74 Å². The third-order valence-corrected chi connectivity index (χ3v) is 2.84. The van der Waals surface area contributed by atoms with Crippen molar-refractivity contribution in [2.45, 2.75) is 40.8 Å². The number of pyridine rings is 1. The highest BCUT2D eigenvalue weighted by Gasteiger charge is 2.28. The number of hydrogen-bond acceptors (Lipinski definition) is 2. The van der Waals surface area contributed by atoms with Crippen LogP contribution in [0, 0.1) is 20.8 Å². The number of alkyl halides is 3. The number of aryl methyl sites for hydroxylation is 3. The van der Waals surface area contributed by atoms with Crippen LogP contribution in [-0.2, 0) is 0 Å². The molecule has 0 saturated carbocycles. The van der Waals surface area contributed by atoms with E-state index in [1.165, 1.54) is 0 Å². The topological polar surface area (TPSA) is 22.1 Å². The molecular weight excluding hydrogens is 279 g/mol. The summed E-state index contributed by atoms with van der Waals surface area (Å²) >= 11 is 0. The summed E-state index contributed by atoms with van der Waals surface area (Å²) in [5.74, 6) is 0.225. The maximum absolute atomic E-state index is 12.2. The van der Waals surface area contributed by atoms with Gasteiger partial charge >= 0.3 is 6.18 Å². The number of halogens is 3. The van der Waals surface area contributed by atoms with E-state index >= 15 is 0 Å². The first-order chi connectivity index (χ1) is 9.78. The Labute approximate surface area is 123 Å². The number of fused-ring (bicyclic) bond motifs is 1. The van der Waals surface area contributed by atoms with Crippen LogP contribution in [-0.4, -0.2) is 17.8 Å². The van der Waals surface area contributed by atoms with Crippen LogP contribution in [0.25, 0.3) is 10.9 Å². The first kappa shape index (κ1) is 17.3. The number of benzene rings is 1. The van der Waals surface area contributed by atoms with Crippen molar-refractivity contribution in [1.82, 2.24) is 4.98 Å². The smallest absolute Gasteiger partial charge is 0.422 e. The highest BCUT2D eigenvalue weighted by molar-refractivity contribution is 5.90. The molecule has 116 valence electrons. The van der Waals surface area contributed by atoms with Crippen molar-refractivity contribution in [3.8, 4) is 5.75 Å². The fourth-order valence-corrected chi connectivity index (χ4v) is 2.08. The molecule has 0 N–H and O–H groups in total. The van der Waals surface area contributed by atoms with E-state index in [2.05, 4.69) is 4.98 Å². The van der Waals surface area contributed by atoms with Gasteiger partial charge in [0.1, 0.15) is 5.75 Å². The highest BCUT2D eigenvalue weighted by atomic mass is 19.4. The molecule has 0 spiro atoms. The van der Waals surface area contributed by atoms with Gasteiger partial charge in [-0.3, -0.25) is 4.98 Å². The van der Waals surface area contributed by atoms with Crippen LogP contribution >= 0.6 is 0 Å². The molecule has 0 amide bonds. The number of aromatic nitrogens is 1. The second kappa shape index (κ2) is 6.78. The van der Waals surface area contributed by atoms with E-state index in [0.717, 1.165) is 16.8 Å². The van der Waals surface area contributed by atoms with E-state index < -0.39 is 12.8 Å². The van der Waals surface area contributed by atoms with Crippen molar-refractivity contribution in [3.63, 3.8) is 0 Å². The highest BCUT2D eigenvalue weighted by Crippen LogP contribution is 2.31. The molecule has 0 aliphatic carbocycles. The minimum atomic E-state index is -4.34. The van der Waals surface area contributed by atoms with Crippen LogP contribution in [0.2, 0.25) is 0 Å². The summed E-state index contributed by atoms with van der Waals surface area (Å²) in [6, 6.07) is 5.12. The quantitative estimate of drug-likeness (QED) is 0.767. The summed E-state index contributed by atoms with van der Waals surface area (Å²) in [5, 5.41) is 0.648. The lowest BCUT2D eigenvalue weighted by molar-refractivity contribution is -0.153. The largest absolute Gasteiger partial charge is 0.483 e. The van der Waals surface area contributed by atoms with Gasteiger partial charge in [0.15, 0.2) is 6.61 Å². The zero-order valence-corrected chi connectivity index (χ0v) is 12.9. The number of nitrogens with zero attached hydrogens (tertiary/aromatic N) is 1. The van der Waals surface area contributed by atoms with Gasteiger partial charge in [-0.2, -0.15) is 13.2 Å². The normalized spacial score (nSPS) is 11.0. The van der Waals surface area contributed by atoms with Gasteiger partial charge in [-0.25, -0.2) is 0 Å². The lowest BCUT2D eigenvalue weighted by Gasteiger charge is -2.14. The molecule has 2 nitrogen and oxygen atoms in total. The molecule has 0 saturated heterocycles. The van der Waals surface area contributed by atoms with Crippen LogP contribution in [0.5, 0.6) is 5.75 Å². The standard InChI is InChI=1S/C14H14F3NO.C2H6/c1-8-4-5-11(19-7-14(15,16)17)12-9(2)6-10(3)18-13(8)12;1-2/h4-6H,7H2,1-3H3;1-2H3. The second-order valence-electron chi connectivity index (χ2n) is 4.59. The molecule has 0 aliphatic rings. The fraction of sp³-hybridized carbons (Fsp3) is 0.438. The van der Waals surface area contributed by atoms with E-state index in [9.17, 15) is 13.2 Å². The Kier molecular flexibility index (Phi) is 5.58. The molecule has 1 heterocycles. The molecule has 1 aromatic carbocycles. The minimum Gasteiger partial charge on any atom is -0.483 e.